The number of urea groups is 1. The van der Waals surface area contributed by atoms with E-state index in [-0.39, 0.29) is 19.0 Å². The van der Waals surface area contributed by atoms with E-state index >= 15 is 0 Å². The van der Waals surface area contributed by atoms with E-state index in [0.717, 1.165) is 9.13 Å². The van der Waals surface area contributed by atoms with Crippen LogP contribution in [0.4, 0.5) is 4.79 Å². The Bertz CT molecular complexity index is 630. The largest absolute Gasteiger partial charge is 0.481 e. The van der Waals surface area contributed by atoms with E-state index in [9.17, 15) is 14.4 Å². The third-order valence-corrected chi connectivity index (χ3v) is 3.94. The van der Waals surface area contributed by atoms with Gasteiger partial charge in [0.2, 0.25) is 0 Å². The standard InChI is InChI=1S/C14H17IN2O5.CO2/c15-10-4-2-1-3-9(10)7-8-16-14(22)17-11(13(20)21)5-6-12(18)19;2-1-3/h1-4,11H,5-8H2,(H,18,19)(H,20,21)(H2,16,17,22);/t11-;/m0./s1. The first-order valence-electron chi connectivity index (χ1n) is 7.03. The molecule has 0 aliphatic heterocycles. The van der Waals surface area contributed by atoms with E-state index in [2.05, 4.69) is 33.2 Å². The Morgan fingerprint density at radius 2 is 1.76 bits per heavy atom. The van der Waals surface area contributed by atoms with E-state index in [4.69, 9.17) is 19.8 Å². The Kier molecular flexibility index (Phi) is 11.6. The van der Waals surface area contributed by atoms with Crippen LogP contribution in [0.25, 0.3) is 0 Å². The quantitative estimate of drug-likeness (QED) is 0.417. The van der Waals surface area contributed by atoms with Gasteiger partial charge in [0.25, 0.3) is 0 Å². The van der Waals surface area contributed by atoms with Gasteiger partial charge >= 0.3 is 24.1 Å². The summed E-state index contributed by atoms with van der Waals surface area (Å²) < 4.78 is 1.09. The number of halogens is 1. The van der Waals surface area contributed by atoms with Gasteiger partial charge in [0.15, 0.2) is 0 Å². The first kappa shape index (κ1) is 22.5. The Morgan fingerprint density at radius 1 is 1.16 bits per heavy atom. The number of hydrogen-bond acceptors (Lipinski definition) is 5. The van der Waals surface area contributed by atoms with Crippen LogP contribution in [-0.4, -0.2) is 46.9 Å². The molecule has 2 amide bonds. The first-order valence-corrected chi connectivity index (χ1v) is 8.11. The van der Waals surface area contributed by atoms with Gasteiger partial charge in [-0.2, -0.15) is 9.59 Å². The van der Waals surface area contributed by atoms with Crippen LogP contribution in [0, 0.1) is 3.57 Å². The maximum absolute atomic E-state index is 11.6. The molecule has 136 valence electrons. The Labute approximate surface area is 156 Å². The molecule has 0 aromatic heterocycles. The second-order valence-electron chi connectivity index (χ2n) is 4.65. The highest BCUT2D eigenvalue weighted by atomic mass is 127. The van der Waals surface area contributed by atoms with Crippen LogP contribution in [0.2, 0.25) is 0 Å². The lowest BCUT2D eigenvalue weighted by Gasteiger charge is -2.14. The molecule has 0 saturated carbocycles. The maximum atomic E-state index is 11.6. The SMILES string of the molecule is O=C(O)CC[C@H](NC(=O)NCCc1ccccc1I)C(=O)O.O=C=O. The molecule has 0 bridgehead atoms. The van der Waals surface area contributed by atoms with Gasteiger partial charge in [-0.3, -0.25) is 4.79 Å². The molecule has 25 heavy (non-hydrogen) atoms. The zero-order valence-electron chi connectivity index (χ0n) is 13.0. The molecule has 0 aliphatic carbocycles. The summed E-state index contributed by atoms with van der Waals surface area (Å²) in [7, 11) is 0. The van der Waals surface area contributed by atoms with E-state index in [1.807, 2.05) is 24.3 Å². The van der Waals surface area contributed by atoms with Gasteiger partial charge in [0.1, 0.15) is 6.04 Å². The normalized spacial score (nSPS) is 10.4. The third-order valence-electron chi connectivity index (χ3n) is 2.89. The van der Waals surface area contributed by atoms with Crippen molar-refractivity contribution in [2.75, 3.05) is 6.54 Å². The van der Waals surface area contributed by atoms with Crippen LogP contribution >= 0.6 is 22.6 Å². The molecule has 0 unspecified atom stereocenters. The second kappa shape index (κ2) is 12.9. The van der Waals surface area contributed by atoms with E-state index < -0.39 is 24.0 Å². The van der Waals surface area contributed by atoms with Crippen molar-refractivity contribution in [3.63, 3.8) is 0 Å². The van der Waals surface area contributed by atoms with Crippen molar-refractivity contribution in [3.05, 3.63) is 33.4 Å². The number of rotatable bonds is 8. The van der Waals surface area contributed by atoms with Crippen LogP contribution in [0.1, 0.15) is 18.4 Å². The van der Waals surface area contributed by atoms with Gasteiger partial charge in [-0.25, -0.2) is 9.59 Å². The Morgan fingerprint density at radius 3 is 2.28 bits per heavy atom. The van der Waals surface area contributed by atoms with E-state index in [1.54, 1.807) is 0 Å². The lowest BCUT2D eigenvalue weighted by Crippen LogP contribution is -2.46. The van der Waals surface area contributed by atoms with Crippen LogP contribution in [0.15, 0.2) is 24.3 Å². The van der Waals surface area contributed by atoms with Crippen LogP contribution in [0.5, 0.6) is 0 Å². The molecule has 1 aromatic rings. The third kappa shape index (κ3) is 10.8. The van der Waals surface area contributed by atoms with Gasteiger partial charge < -0.3 is 20.8 Å². The van der Waals surface area contributed by atoms with Crippen molar-refractivity contribution in [1.29, 1.82) is 0 Å². The molecule has 1 aromatic carbocycles. The van der Waals surface area contributed by atoms with Crippen molar-refractivity contribution in [2.24, 2.45) is 0 Å². The average molecular weight is 464 g/mol. The summed E-state index contributed by atoms with van der Waals surface area (Å²) in [5, 5.41) is 22.3. The zero-order valence-corrected chi connectivity index (χ0v) is 15.2. The summed E-state index contributed by atoms with van der Waals surface area (Å²) in [6.45, 7) is 0.358. The summed E-state index contributed by atoms with van der Waals surface area (Å²) in [6, 6.07) is 5.91. The number of amides is 2. The summed E-state index contributed by atoms with van der Waals surface area (Å²) in [5.74, 6) is -2.36. The molecule has 0 fully saturated rings. The molecule has 0 saturated heterocycles. The Balaban J connectivity index is 0.00000178. The smallest absolute Gasteiger partial charge is 0.373 e. The predicted octanol–water partition coefficient (Wildman–Crippen LogP) is 0.867. The van der Waals surface area contributed by atoms with Crippen molar-refractivity contribution < 1.29 is 34.2 Å². The fourth-order valence-corrected chi connectivity index (χ4v) is 2.40. The highest BCUT2D eigenvalue weighted by Crippen LogP contribution is 2.11. The van der Waals surface area contributed by atoms with E-state index in [1.165, 1.54) is 0 Å². The highest BCUT2D eigenvalue weighted by Gasteiger charge is 2.20. The molecule has 1 rings (SSSR count). The molecule has 0 aliphatic rings. The fourth-order valence-electron chi connectivity index (χ4n) is 1.75. The first-order chi connectivity index (χ1) is 11.8. The summed E-state index contributed by atoms with van der Waals surface area (Å²) in [6.07, 6.45) is 0.396. The molecule has 0 radical (unpaired) electrons. The van der Waals surface area contributed by atoms with Crippen molar-refractivity contribution in [1.82, 2.24) is 10.6 Å². The zero-order chi connectivity index (χ0) is 19.2. The van der Waals surface area contributed by atoms with Gasteiger partial charge in [0.05, 0.1) is 0 Å². The lowest BCUT2D eigenvalue weighted by molar-refractivity contribution is -0.191. The maximum Gasteiger partial charge on any atom is 0.373 e. The fraction of sp³-hybridized carbons (Fsp3) is 0.333. The summed E-state index contributed by atoms with van der Waals surface area (Å²) in [4.78, 5) is 49.3. The van der Waals surface area contributed by atoms with Gasteiger partial charge in [-0.15, -0.1) is 0 Å². The molecule has 4 N–H and O–H groups in total. The second-order valence-corrected chi connectivity index (χ2v) is 5.81. The lowest BCUT2D eigenvalue weighted by atomic mass is 10.1. The minimum absolute atomic E-state index is 0.158. The Hall–Kier alpha value is -2.46. The molecule has 0 spiro atoms. The average Bonchev–Trinajstić information content (AvgIpc) is 2.53. The monoisotopic (exact) mass is 464 g/mol. The topological polar surface area (TPSA) is 150 Å². The van der Waals surface area contributed by atoms with Crippen molar-refractivity contribution in [2.45, 2.75) is 25.3 Å². The number of carbonyl (C=O) groups is 3. The number of carbonyl (C=O) groups excluding carboxylic acids is 3. The molecule has 10 heteroatoms. The van der Waals surface area contributed by atoms with Crippen LogP contribution in [-0.2, 0) is 25.6 Å². The number of hydrogen-bond donors (Lipinski definition) is 4. The minimum atomic E-state index is -1.26. The van der Waals surface area contributed by atoms with Gasteiger partial charge in [-0.05, 0) is 47.1 Å². The predicted molar refractivity (Wildman–Crippen MR) is 92.7 cm³/mol. The van der Waals surface area contributed by atoms with Crippen molar-refractivity contribution >= 4 is 46.7 Å². The molecule has 1 atom stereocenters. The van der Waals surface area contributed by atoms with Crippen LogP contribution < -0.4 is 10.6 Å². The number of benzene rings is 1. The molecule has 0 heterocycles. The van der Waals surface area contributed by atoms with Crippen molar-refractivity contribution in [3.8, 4) is 0 Å². The number of carboxylic acid groups (broad SMARTS) is 2. The molecular formula is C15H17IN2O7. The number of nitrogens with one attached hydrogen (secondary N) is 2. The van der Waals surface area contributed by atoms with Gasteiger partial charge in [0, 0.05) is 16.5 Å². The number of carboxylic acids is 2. The summed E-state index contributed by atoms with van der Waals surface area (Å²) in [5.41, 5.74) is 1.09. The highest BCUT2D eigenvalue weighted by molar-refractivity contribution is 14.1. The van der Waals surface area contributed by atoms with Crippen LogP contribution in [0.3, 0.4) is 0 Å². The van der Waals surface area contributed by atoms with E-state index in [0.29, 0.717) is 13.0 Å². The van der Waals surface area contributed by atoms with Gasteiger partial charge in [-0.1, -0.05) is 18.2 Å². The number of aliphatic carboxylic acids is 2. The molecular weight excluding hydrogens is 447 g/mol. The summed E-state index contributed by atoms with van der Waals surface area (Å²) >= 11 is 2.20. The molecule has 9 nitrogen and oxygen atoms in total. The minimum Gasteiger partial charge on any atom is -0.481 e.